The summed E-state index contributed by atoms with van der Waals surface area (Å²) in [6, 6.07) is 11.7. The Morgan fingerprint density at radius 2 is 1.92 bits per heavy atom. The molecule has 0 unspecified atom stereocenters. The summed E-state index contributed by atoms with van der Waals surface area (Å²) in [5.41, 5.74) is 1.08. The molecule has 2 heterocycles. The van der Waals surface area contributed by atoms with Gasteiger partial charge in [-0.05, 0) is 36.4 Å². The standard InChI is InChI=1S/C19H17NO6/c1-2-16(21)13-5-7-15(8-6-13)24-12-19(22)25-11-14-10-18(26-20-14)17-4-3-9-23-17/h3-10H,2,11-12H2,1H3. The van der Waals surface area contributed by atoms with Crippen molar-refractivity contribution in [3.63, 3.8) is 0 Å². The predicted octanol–water partition coefficient (Wildman–Crippen LogP) is 3.65. The van der Waals surface area contributed by atoms with Crippen LogP contribution < -0.4 is 4.74 Å². The smallest absolute Gasteiger partial charge is 0.344 e. The minimum Gasteiger partial charge on any atom is -0.482 e. The van der Waals surface area contributed by atoms with Crippen molar-refractivity contribution in [2.45, 2.75) is 20.0 Å². The monoisotopic (exact) mass is 355 g/mol. The van der Waals surface area contributed by atoms with E-state index in [4.69, 9.17) is 18.4 Å². The molecule has 0 saturated heterocycles. The molecule has 2 aromatic heterocycles. The molecule has 0 N–H and O–H groups in total. The van der Waals surface area contributed by atoms with E-state index in [1.165, 1.54) is 6.26 Å². The van der Waals surface area contributed by atoms with Crippen LogP contribution in [0, 0.1) is 0 Å². The second-order valence-electron chi connectivity index (χ2n) is 5.41. The fourth-order valence-electron chi connectivity index (χ4n) is 2.19. The summed E-state index contributed by atoms with van der Waals surface area (Å²) < 4.78 is 20.7. The van der Waals surface area contributed by atoms with Gasteiger partial charge in [-0.1, -0.05) is 12.1 Å². The largest absolute Gasteiger partial charge is 0.482 e. The summed E-state index contributed by atoms with van der Waals surface area (Å²) >= 11 is 0. The van der Waals surface area contributed by atoms with Gasteiger partial charge in [0.05, 0.1) is 6.26 Å². The minimum atomic E-state index is -0.541. The Labute approximate surface area is 149 Å². The highest BCUT2D eigenvalue weighted by molar-refractivity contribution is 5.95. The molecule has 26 heavy (non-hydrogen) atoms. The fourth-order valence-corrected chi connectivity index (χ4v) is 2.19. The van der Waals surface area contributed by atoms with Crippen molar-refractivity contribution in [3.8, 4) is 17.3 Å². The van der Waals surface area contributed by atoms with Crippen molar-refractivity contribution in [3.05, 3.63) is 60.0 Å². The van der Waals surface area contributed by atoms with Crippen LogP contribution in [0.2, 0.25) is 0 Å². The van der Waals surface area contributed by atoms with E-state index in [1.807, 2.05) is 0 Å². The van der Waals surface area contributed by atoms with Gasteiger partial charge in [0.25, 0.3) is 0 Å². The average Bonchev–Trinajstić information content (AvgIpc) is 3.36. The van der Waals surface area contributed by atoms with Crippen LogP contribution in [-0.4, -0.2) is 23.5 Å². The zero-order chi connectivity index (χ0) is 18.4. The Kier molecular flexibility index (Phi) is 5.48. The number of aromatic nitrogens is 1. The lowest BCUT2D eigenvalue weighted by Crippen LogP contribution is -2.14. The van der Waals surface area contributed by atoms with Crippen LogP contribution in [0.5, 0.6) is 5.75 Å². The number of hydrogen-bond donors (Lipinski definition) is 0. The van der Waals surface area contributed by atoms with E-state index in [1.54, 1.807) is 49.4 Å². The van der Waals surface area contributed by atoms with E-state index >= 15 is 0 Å². The summed E-state index contributed by atoms with van der Waals surface area (Å²) in [5, 5.41) is 3.81. The highest BCUT2D eigenvalue weighted by Crippen LogP contribution is 2.20. The number of Topliss-reactive ketones (excluding diaryl/α,β-unsaturated/α-hetero) is 1. The average molecular weight is 355 g/mol. The van der Waals surface area contributed by atoms with Crippen molar-refractivity contribution in [1.29, 1.82) is 0 Å². The van der Waals surface area contributed by atoms with Gasteiger partial charge >= 0.3 is 5.97 Å². The number of esters is 1. The van der Waals surface area contributed by atoms with Crippen molar-refractivity contribution in [2.75, 3.05) is 6.61 Å². The van der Waals surface area contributed by atoms with E-state index in [-0.39, 0.29) is 19.0 Å². The van der Waals surface area contributed by atoms with Crippen LogP contribution in [0.4, 0.5) is 0 Å². The van der Waals surface area contributed by atoms with E-state index in [0.29, 0.717) is 34.9 Å². The Hall–Kier alpha value is -3.35. The molecule has 1 aromatic carbocycles. The fraction of sp³-hybridized carbons (Fsp3) is 0.211. The summed E-state index contributed by atoms with van der Waals surface area (Å²) in [6.07, 6.45) is 1.97. The van der Waals surface area contributed by atoms with Gasteiger partial charge in [0, 0.05) is 18.1 Å². The number of hydrogen-bond acceptors (Lipinski definition) is 7. The molecular formula is C19H17NO6. The molecule has 0 aliphatic rings. The molecule has 0 radical (unpaired) electrons. The van der Waals surface area contributed by atoms with Gasteiger partial charge in [0.2, 0.25) is 5.76 Å². The molecule has 0 amide bonds. The number of ketones is 1. The third-order valence-corrected chi connectivity index (χ3v) is 3.56. The van der Waals surface area contributed by atoms with Crippen LogP contribution in [0.1, 0.15) is 29.4 Å². The highest BCUT2D eigenvalue weighted by atomic mass is 16.6. The molecule has 0 spiro atoms. The van der Waals surface area contributed by atoms with Gasteiger partial charge in [-0.15, -0.1) is 0 Å². The first-order chi connectivity index (χ1) is 12.7. The third-order valence-electron chi connectivity index (χ3n) is 3.56. The van der Waals surface area contributed by atoms with E-state index in [0.717, 1.165) is 0 Å². The van der Waals surface area contributed by atoms with Crippen molar-refractivity contribution >= 4 is 11.8 Å². The summed E-state index contributed by atoms with van der Waals surface area (Å²) in [7, 11) is 0. The van der Waals surface area contributed by atoms with Crippen LogP contribution in [0.15, 0.2) is 57.7 Å². The van der Waals surface area contributed by atoms with Crippen LogP contribution in [0.3, 0.4) is 0 Å². The van der Waals surface area contributed by atoms with E-state index in [2.05, 4.69) is 5.16 Å². The van der Waals surface area contributed by atoms with E-state index < -0.39 is 5.97 Å². The molecule has 7 nitrogen and oxygen atoms in total. The maximum absolute atomic E-state index is 11.8. The first-order valence-electron chi connectivity index (χ1n) is 8.07. The Morgan fingerprint density at radius 3 is 2.62 bits per heavy atom. The normalized spacial score (nSPS) is 10.5. The SMILES string of the molecule is CCC(=O)c1ccc(OCC(=O)OCc2cc(-c3ccco3)on2)cc1. The third kappa shape index (κ3) is 4.38. The zero-order valence-corrected chi connectivity index (χ0v) is 14.1. The topological polar surface area (TPSA) is 91.8 Å². The number of carbonyl (C=O) groups is 2. The number of carbonyl (C=O) groups excluding carboxylic acids is 2. The van der Waals surface area contributed by atoms with Crippen LogP contribution in [0.25, 0.3) is 11.5 Å². The molecule has 134 valence electrons. The Balaban J connectivity index is 1.45. The molecule has 0 aliphatic carbocycles. The van der Waals surface area contributed by atoms with Gasteiger partial charge in [-0.2, -0.15) is 0 Å². The number of ether oxygens (including phenoxy) is 2. The predicted molar refractivity (Wildman–Crippen MR) is 90.6 cm³/mol. The van der Waals surface area contributed by atoms with Crippen molar-refractivity contribution in [2.24, 2.45) is 0 Å². The van der Waals surface area contributed by atoms with Gasteiger partial charge in [0.1, 0.15) is 18.1 Å². The number of furan rings is 1. The molecule has 3 aromatic rings. The lowest BCUT2D eigenvalue weighted by atomic mass is 10.1. The summed E-state index contributed by atoms with van der Waals surface area (Å²) in [6.45, 7) is 1.52. The van der Waals surface area contributed by atoms with Gasteiger partial charge in [-0.3, -0.25) is 4.79 Å². The summed E-state index contributed by atoms with van der Waals surface area (Å²) in [4.78, 5) is 23.3. The molecule has 0 atom stereocenters. The second-order valence-corrected chi connectivity index (χ2v) is 5.41. The molecule has 3 rings (SSSR count). The zero-order valence-electron chi connectivity index (χ0n) is 14.1. The highest BCUT2D eigenvalue weighted by Gasteiger charge is 2.11. The van der Waals surface area contributed by atoms with E-state index in [9.17, 15) is 9.59 Å². The Bertz CT molecular complexity index is 864. The van der Waals surface area contributed by atoms with Gasteiger partial charge in [-0.25, -0.2) is 4.79 Å². The van der Waals surface area contributed by atoms with Gasteiger partial charge in [0.15, 0.2) is 18.2 Å². The van der Waals surface area contributed by atoms with Crippen LogP contribution >= 0.6 is 0 Å². The molecule has 0 fully saturated rings. The molecular weight excluding hydrogens is 338 g/mol. The van der Waals surface area contributed by atoms with Crippen molar-refractivity contribution < 1.29 is 28.0 Å². The van der Waals surface area contributed by atoms with Crippen LogP contribution in [-0.2, 0) is 16.1 Å². The summed E-state index contributed by atoms with van der Waals surface area (Å²) in [5.74, 6) is 0.998. The Morgan fingerprint density at radius 1 is 1.12 bits per heavy atom. The molecule has 0 bridgehead atoms. The number of rotatable bonds is 8. The maximum Gasteiger partial charge on any atom is 0.344 e. The second kappa shape index (κ2) is 8.15. The molecule has 7 heteroatoms. The quantitative estimate of drug-likeness (QED) is 0.450. The lowest BCUT2D eigenvalue weighted by Gasteiger charge is -2.06. The minimum absolute atomic E-state index is 0.0314. The number of benzene rings is 1. The van der Waals surface area contributed by atoms with Gasteiger partial charge < -0.3 is 18.4 Å². The first kappa shape index (κ1) is 17.5. The maximum atomic E-state index is 11.8. The molecule has 0 aliphatic heterocycles. The first-order valence-corrected chi connectivity index (χ1v) is 8.07. The lowest BCUT2D eigenvalue weighted by molar-refractivity contribution is -0.147. The number of nitrogens with zero attached hydrogens (tertiary/aromatic N) is 1. The van der Waals surface area contributed by atoms with Crippen molar-refractivity contribution in [1.82, 2.24) is 5.16 Å². The molecule has 0 saturated carbocycles.